The number of nitrogens with zero attached hydrogens (tertiary/aromatic N) is 2. The van der Waals surface area contributed by atoms with Crippen LogP contribution >= 0.6 is 0 Å². The van der Waals surface area contributed by atoms with E-state index in [1.54, 1.807) is 12.1 Å². The second-order valence-electron chi connectivity index (χ2n) is 7.82. The minimum absolute atomic E-state index is 0.0795. The van der Waals surface area contributed by atoms with Gasteiger partial charge in [0.15, 0.2) is 5.78 Å². The largest absolute Gasteiger partial charge is 0.323 e. The molecule has 0 N–H and O–H groups in total. The highest BCUT2D eigenvalue weighted by molar-refractivity contribution is 6.01. The van der Waals surface area contributed by atoms with Gasteiger partial charge in [-0.1, -0.05) is 66.7 Å². The monoisotopic (exact) mass is 408 g/mol. The first-order chi connectivity index (χ1) is 15.1. The number of imidazole rings is 1. The third-order valence-corrected chi connectivity index (χ3v) is 5.97. The first-order valence-electron chi connectivity index (χ1n) is 10.3. The quantitative estimate of drug-likeness (QED) is 0.356. The first-order valence-corrected chi connectivity index (χ1v) is 10.3. The maximum Gasteiger partial charge on any atom is 0.165 e. The molecule has 2 heterocycles. The molecule has 0 fully saturated rings. The zero-order valence-electron chi connectivity index (χ0n) is 17.1. The van der Waals surface area contributed by atoms with Crippen LogP contribution in [-0.2, 0) is 0 Å². The number of Topliss-reactive ketones (excluding diaryl/α,β-unsaturated/α-hetero) is 1. The maximum absolute atomic E-state index is 13.2. The van der Waals surface area contributed by atoms with Crippen molar-refractivity contribution >= 4 is 16.9 Å². The normalized spacial score (nSPS) is 15.2. The van der Waals surface area contributed by atoms with Crippen molar-refractivity contribution in [3.05, 3.63) is 114 Å². The fourth-order valence-corrected chi connectivity index (χ4v) is 4.38. The molecule has 0 aliphatic carbocycles. The third-order valence-electron chi connectivity index (χ3n) is 5.97. The molecule has 0 amide bonds. The summed E-state index contributed by atoms with van der Waals surface area (Å²) < 4.78 is 15.3. The van der Waals surface area contributed by atoms with Gasteiger partial charge in [0.2, 0.25) is 0 Å². The Morgan fingerprint density at radius 3 is 2.23 bits per heavy atom. The number of fused-ring (bicyclic) bond motifs is 1. The molecule has 3 aromatic carbocycles. The topological polar surface area (TPSA) is 34.9 Å². The molecule has 0 bridgehead atoms. The molecule has 0 radical (unpaired) electrons. The van der Waals surface area contributed by atoms with Crippen molar-refractivity contribution in [3.8, 4) is 11.1 Å². The molecular formula is C27H21FN2O. The van der Waals surface area contributed by atoms with Gasteiger partial charge < -0.3 is 4.57 Å². The van der Waals surface area contributed by atoms with Gasteiger partial charge in [0.05, 0.1) is 24.3 Å². The number of ketones is 1. The van der Waals surface area contributed by atoms with Crippen LogP contribution in [0, 0.1) is 5.82 Å². The summed E-state index contributed by atoms with van der Waals surface area (Å²) in [6, 6.07) is 24.0. The molecule has 4 aromatic rings. The van der Waals surface area contributed by atoms with Crippen LogP contribution in [0.25, 0.3) is 22.3 Å². The zero-order valence-corrected chi connectivity index (χ0v) is 17.1. The number of benzene rings is 3. The predicted octanol–water partition coefficient (Wildman–Crippen LogP) is 6.45. The summed E-state index contributed by atoms with van der Waals surface area (Å²) in [6.45, 7) is 2.10. The van der Waals surface area contributed by atoms with E-state index in [1.165, 1.54) is 17.7 Å². The Morgan fingerprint density at radius 2 is 1.55 bits per heavy atom. The Morgan fingerprint density at radius 1 is 0.903 bits per heavy atom. The molecule has 31 heavy (non-hydrogen) atoms. The predicted molar refractivity (Wildman–Crippen MR) is 121 cm³/mol. The van der Waals surface area contributed by atoms with Gasteiger partial charge in [-0.2, -0.15) is 0 Å². The molecule has 152 valence electrons. The highest BCUT2D eigenvalue weighted by Gasteiger charge is 2.31. The smallest absolute Gasteiger partial charge is 0.165 e. The Balaban J connectivity index is 1.42. The SMILES string of the molecule is CC1=C(c2ccccc2)C(CC(=O)c2ccc(-c3ccc(F)cc3)cc2)n2cncc21. The number of carbonyl (C=O) groups excluding carboxylic acids is 1. The minimum atomic E-state index is -0.261. The highest BCUT2D eigenvalue weighted by Crippen LogP contribution is 2.44. The lowest BCUT2D eigenvalue weighted by Crippen LogP contribution is -2.13. The second-order valence-corrected chi connectivity index (χ2v) is 7.82. The van der Waals surface area contributed by atoms with Crippen LogP contribution in [0.5, 0.6) is 0 Å². The summed E-state index contributed by atoms with van der Waals surface area (Å²) >= 11 is 0. The lowest BCUT2D eigenvalue weighted by molar-refractivity contribution is 0.0972. The van der Waals surface area contributed by atoms with Gasteiger partial charge in [0.25, 0.3) is 0 Å². The molecule has 1 atom stereocenters. The molecule has 4 heteroatoms. The lowest BCUT2D eigenvalue weighted by atomic mass is 9.91. The summed E-state index contributed by atoms with van der Waals surface area (Å²) in [5, 5.41) is 0. The molecule has 1 unspecified atom stereocenters. The van der Waals surface area contributed by atoms with Crippen LogP contribution in [-0.4, -0.2) is 15.3 Å². The average Bonchev–Trinajstić information content (AvgIpc) is 3.38. The molecule has 0 saturated carbocycles. The van der Waals surface area contributed by atoms with Crippen molar-refractivity contribution in [1.82, 2.24) is 9.55 Å². The number of hydrogen-bond acceptors (Lipinski definition) is 2. The van der Waals surface area contributed by atoms with Gasteiger partial charge in [-0.15, -0.1) is 0 Å². The second kappa shape index (κ2) is 7.80. The van der Waals surface area contributed by atoms with Crippen LogP contribution in [0.2, 0.25) is 0 Å². The molecule has 0 spiro atoms. The molecule has 3 nitrogen and oxygen atoms in total. The zero-order chi connectivity index (χ0) is 21.4. The number of carbonyl (C=O) groups is 1. The molecule has 1 aromatic heterocycles. The van der Waals surface area contributed by atoms with Crippen LogP contribution in [0.1, 0.15) is 41.0 Å². The van der Waals surface area contributed by atoms with E-state index in [4.69, 9.17) is 0 Å². The Kier molecular flexibility index (Phi) is 4.83. The van der Waals surface area contributed by atoms with Crippen molar-refractivity contribution < 1.29 is 9.18 Å². The average molecular weight is 408 g/mol. The fraction of sp³-hybridized carbons (Fsp3) is 0.111. The number of halogens is 1. The van der Waals surface area contributed by atoms with Crippen molar-refractivity contribution in [2.45, 2.75) is 19.4 Å². The Hall–Kier alpha value is -3.79. The Bertz CT molecular complexity index is 1270. The van der Waals surface area contributed by atoms with E-state index in [2.05, 4.69) is 28.6 Å². The van der Waals surface area contributed by atoms with Gasteiger partial charge in [-0.25, -0.2) is 9.37 Å². The summed E-state index contributed by atoms with van der Waals surface area (Å²) in [5.74, 6) is -0.179. The Labute approximate surface area is 180 Å². The van der Waals surface area contributed by atoms with Crippen molar-refractivity contribution in [2.24, 2.45) is 0 Å². The van der Waals surface area contributed by atoms with Crippen LogP contribution in [0.15, 0.2) is 91.4 Å². The van der Waals surface area contributed by atoms with E-state index in [0.29, 0.717) is 12.0 Å². The van der Waals surface area contributed by atoms with Crippen molar-refractivity contribution in [2.75, 3.05) is 0 Å². The van der Waals surface area contributed by atoms with E-state index >= 15 is 0 Å². The van der Waals surface area contributed by atoms with Crippen LogP contribution < -0.4 is 0 Å². The van der Waals surface area contributed by atoms with E-state index in [0.717, 1.165) is 28.0 Å². The van der Waals surface area contributed by atoms with Gasteiger partial charge in [0.1, 0.15) is 5.82 Å². The summed E-state index contributed by atoms with van der Waals surface area (Å²) in [5.41, 5.74) is 7.07. The van der Waals surface area contributed by atoms with Crippen LogP contribution in [0.3, 0.4) is 0 Å². The van der Waals surface area contributed by atoms with Gasteiger partial charge >= 0.3 is 0 Å². The summed E-state index contributed by atoms with van der Waals surface area (Å²) in [4.78, 5) is 17.5. The van der Waals surface area contributed by atoms with Gasteiger partial charge in [-0.05, 0) is 46.9 Å². The van der Waals surface area contributed by atoms with Crippen LogP contribution in [0.4, 0.5) is 4.39 Å². The molecule has 1 aliphatic rings. The van der Waals surface area contributed by atoms with Crippen molar-refractivity contribution in [1.29, 1.82) is 0 Å². The molecule has 5 rings (SSSR count). The number of allylic oxidation sites excluding steroid dienone is 2. The van der Waals surface area contributed by atoms with E-state index < -0.39 is 0 Å². The molecular weight excluding hydrogens is 387 g/mol. The minimum Gasteiger partial charge on any atom is -0.323 e. The van der Waals surface area contributed by atoms with E-state index in [1.807, 2.05) is 55.0 Å². The lowest BCUT2D eigenvalue weighted by Gasteiger charge is -2.18. The third kappa shape index (κ3) is 3.50. The standard InChI is InChI=1S/C27H21FN2O/c1-18-25-16-29-17-30(25)24(27(18)22-5-3-2-4-6-22)15-26(31)21-9-7-19(8-10-21)20-11-13-23(28)14-12-20/h2-14,16-17,24H,15H2,1H3. The summed E-state index contributed by atoms with van der Waals surface area (Å²) in [7, 11) is 0. The van der Waals surface area contributed by atoms with E-state index in [-0.39, 0.29) is 17.6 Å². The number of aromatic nitrogens is 2. The highest BCUT2D eigenvalue weighted by atomic mass is 19.1. The van der Waals surface area contributed by atoms with Gasteiger partial charge in [0, 0.05) is 12.0 Å². The van der Waals surface area contributed by atoms with E-state index in [9.17, 15) is 9.18 Å². The molecule has 1 aliphatic heterocycles. The molecule has 0 saturated heterocycles. The fourth-order valence-electron chi connectivity index (χ4n) is 4.38. The first kappa shape index (κ1) is 19.2. The van der Waals surface area contributed by atoms with Gasteiger partial charge in [-0.3, -0.25) is 4.79 Å². The van der Waals surface area contributed by atoms with Crippen molar-refractivity contribution in [3.63, 3.8) is 0 Å². The number of hydrogen-bond donors (Lipinski definition) is 0. The maximum atomic E-state index is 13.2. The summed E-state index contributed by atoms with van der Waals surface area (Å²) in [6.07, 6.45) is 4.03. The number of rotatable bonds is 5.